The zero-order valence-corrected chi connectivity index (χ0v) is 11.2. The number of ether oxygens (including phenoxy) is 1. The van der Waals surface area contributed by atoms with Crippen molar-refractivity contribution >= 4 is 11.6 Å². The molecule has 2 aromatic rings. The normalized spacial score (nSPS) is 12.3. The molecule has 0 aliphatic carbocycles. The molecule has 118 valence electrons. The standard InChI is InChI=1S/C13H6ClF6NO/c14-11-5-8(9(6-21-11)12(15,16)17)7-3-1-2-4-10(7)22-13(18,19)20/h1-6H. The monoisotopic (exact) mass is 341 g/mol. The van der Waals surface area contributed by atoms with Gasteiger partial charge in [0, 0.05) is 17.3 Å². The van der Waals surface area contributed by atoms with Gasteiger partial charge in [0.2, 0.25) is 0 Å². The average molecular weight is 342 g/mol. The molecule has 22 heavy (non-hydrogen) atoms. The number of hydrogen-bond donors (Lipinski definition) is 0. The topological polar surface area (TPSA) is 22.1 Å². The molecular formula is C13H6ClF6NO. The quantitative estimate of drug-likeness (QED) is 0.545. The van der Waals surface area contributed by atoms with E-state index in [4.69, 9.17) is 11.6 Å². The van der Waals surface area contributed by atoms with E-state index in [2.05, 4.69) is 9.72 Å². The highest BCUT2D eigenvalue weighted by molar-refractivity contribution is 6.29. The number of aromatic nitrogens is 1. The maximum atomic E-state index is 13.0. The number of benzene rings is 1. The van der Waals surface area contributed by atoms with Gasteiger partial charge in [0.25, 0.3) is 0 Å². The molecule has 0 saturated heterocycles. The minimum absolute atomic E-state index is 0.287. The van der Waals surface area contributed by atoms with Gasteiger partial charge >= 0.3 is 12.5 Å². The Morgan fingerprint density at radius 1 is 0.955 bits per heavy atom. The Morgan fingerprint density at radius 3 is 2.18 bits per heavy atom. The Labute approximate surface area is 125 Å². The van der Waals surface area contributed by atoms with Crippen molar-refractivity contribution in [3.63, 3.8) is 0 Å². The lowest BCUT2D eigenvalue weighted by atomic mass is 10.0. The summed E-state index contributed by atoms with van der Waals surface area (Å²) in [5.41, 5.74) is -2.15. The van der Waals surface area contributed by atoms with Crippen LogP contribution in [-0.4, -0.2) is 11.3 Å². The smallest absolute Gasteiger partial charge is 0.405 e. The van der Waals surface area contributed by atoms with E-state index >= 15 is 0 Å². The van der Waals surface area contributed by atoms with E-state index in [1.807, 2.05) is 0 Å². The maximum absolute atomic E-state index is 13.0. The third kappa shape index (κ3) is 3.82. The van der Waals surface area contributed by atoms with Gasteiger partial charge in [-0.15, -0.1) is 13.2 Å². The van der Waals surface area contributed by atoms with Gasteiger partial charge in [0.15, 0.2) is 0 Å². The summed E-state index contributed by atoms with van der Waals surface area (Å²) in [5.74, 6) is -0.761. The second-order valence-corrected chi connectivity index (χ2v) is 4.48. The molecule has 2 rings (SSSR count). The number of nitrogens with zero attached hydrogens (tertiary/aromatic N) is 1. The Balaban J connectivity index is 2.65. The summed E-state index contributed by atoms with van der Waals surface area (Å²) in [6.07, 6.45) is -9.38. The van der Waals surface area contributed by atoms with Gasteiger partial charge in [-0.1, -0.05) is 29.8 Å². The van der Waals surface area contributed by atoms with Gasteiger partial charge in [-0.05, 0) is 12.1 Å². The molecule has 0 fully saturated rings. The minimum Gasteiger partial charge on any atom is -0.405 e. The van der Waals surface area contributed by atoms with Crippen LogP contribution >= 0.6 is 11.6 Å². The first-order valence-corrected chi connectivity index (χ1v) is 6.03. The van der Waals surface area contributed by atoms with Crippen molar-refractivity contribution in [3.05, 3.63) is 47.2 Å². The van der Waals surface area contributed by atoms with Gasteiger partial charge in [0.05, 0.1) is 5.56 Å². The van der Waals surface area contributed by atoms with Gasteiger partial charge in [-0.2, -0.15) is 13.2 Å². The summed E-state index contributed by atoms with van der Waals surface area (Å²) in [4.78, 5) is 3.32. The summed E-state index contributed by atoms with van der Waals surface area (Å²) in [6.45, 7) is 0. The Hall–Kier alpha value is -1.96. The van der Waals surface area contributed by atoms with Crippen molar-refractivity contribution in [1.29, 1.82) is 0 Å². The van der Waals surface area contributed by atoms with Crippen LogP contribution in [0.4, 0.5) is 26.3 Å². The van der Waals surface area contributed by atoms with Crippen LogP contribution in [-0.2, 0) is 6.18 Å². The maximum Gasteiger partial charge on any atom is 0.573 e. The number of para-hydroxylation sites is 1. The first-order chi connectivity index (χ1) is 10.1. The van der Waals surface area contributed by atoms with Crippen LogP contribution in [0.25, 0.3) is 11.1 Å². The molecule has 0 aliphatic rings. The molecular weight excluding hydrogens is 336 g/mol. The van der Waals surface area contributed by atoms with Crippen molar-refractivity contribution in [1.82, 2.24) is 4.98 Å². The molecule has 0 unspecified atom stereocenters. The van der Waals surface area contributed by atoms with E-state index in [1.165, 1.54) is 12.1 Å². The van der Waals surface area contributed by atoms with Crippen molar-refractivity contribution in [3.8, 4) is 16.9 Å². The van der Waals surface area contributed by atoms with E-state index < -0.39 is 35.0 Å². The van der Waals surface area contributed by atoms with Gasteiger partial charge in [0.1, 0.15) is 10.9 Å². The molecule has 0 N–H and O–H groups in total. The molecule has 0 aliphatic heterocycles. The average Bonchev–Trinajstić information content (AvgIpc) is 2.35. The van der Waals surface area contributed by atoms with Gasteiger partial charge < -0.3 is 4.74 Å². The Kier molecular flexibility index (Phi) is 4.23. The number of halogens is 7. The molecule has 0 saturated carbocycles. The highest BCUT2D eigenvalue weighted by Crippen LogP contribution is 2.41. The third-order valence-corrected chi connectivity index (χ3v) is 2.79. The fraction of sp³-hybridized carbons (Fsp3) is 0.154. The molecule has 1 heterocycles. The van der Waals surface area contributed by atoms with E-state index in [-0.39, 0.29) is 5.15 Å². The molecule has 0 amide bonds. The summed E-state index contributed by atoms with van der Waals surface area (Å²) in [7, 11) is 0. The number of pyridine rings is 1. The second kappa shape index (κ2) is 5.68. The highest BCUT2D eigenvalue weighted by Gasteiger charge is 2.36. The van der Waals surface area contributed by atoms with Crippen molar-refractivity contribution in [2.75, 3.05) is 0 Å². The summed E-state index contributed by atoms with van der Waals surface area (Å²) in [5, 5.41) is -0.287. The van der Waals surface area contributed by atoms with Crippen LogP contribution in [0.2, 0.25) is 5.15 Å². The lowest BCUT2D eigenvalue weighted by Crippen LogP contribution is -2.18. The van der Waals surface area contributed by atoms with E-state index in [9.17, 15) is 26.3 Å². The number of hydrogen-bond acceptors (Lipinski definition) is 2. The van der Waals surface area contributed by atoms with Gasteiger partial charge in [-0.3, -0.25) is 0 Å². The van der Waals surface area contributed by atoms with Crippen LogP contribution in [0.3, 0.4) is 0 Å². The predicted molar refractivity (Wildman–Crippen MR) is 66.4 cm³/mol. The molecule has 1 aromatic carbocycles. The first-order valence-electron chi connectivity index (χ1n) is 5.66. The fourth-order valence-corrected chi connectivity index (χ4v) is 1.94. The molecule has 9 heteroatoms. The number of alkyl halides is 6. The van der Waals surface area contributed by atoms with Crippen LogP contribution < -0.4 is 4.74 Å². The zero-order valence-electron chi connectivity index (χ0n) is 10.5. The highest BCUT2D eigenvalue weighted by atomic mass is 35.5. The van der Waals surface area contributed by atoms with Crippen LogP contribution in [0, 0.1) is 0 Å². The SMILES string of the molecule is FC(F)(F)Oc1ccccc1-c1cc(Cl)ncc1C(F)(F)F. The van der Waals surface area contributed by atoms with Crippen molar-refractivity contribution in [2.45, 2.75) is 12.5 Å². The van der Waals surface area contributed by atoms with Crippen LogP contribution in [0.5, 0.6) is 5.75 Å². The second-order valence-electron chi connectivity index (χ2n) is 4.09. The third-order valence-electron chi connectivity index (χ3n) is 2.58. The first kappa shape index (κ1) is 16.4. The predicted octanol–water partition coefficient (Wildman–Crippen LogP) is 5.32. The molecule has 0 atom stereocenters. The lowest BCUT2D eigenvalue weighted by Gasteiger charge is -2.17. The molecule has 0 bridgehead atoms. The fourth-order valence-electron chi connectivity index (χ4n) is 1.78. The van der Waals surface area contributed by atoms with E-state index in [0.29, 0.717) is 6.20 Å². The molecule has 0 spiro atoms. The van der Waals surface area contributed by atoms with Crippen LogP contribution in [0.1, 0.15) is 5.56 Å². The summed E-state index contributed by atoms with van der Waals surface area (Å²) >= 11 is 5.56. The molecule has 1 aromatic heterocycles. The largest absolute Gasteiger partial charge is 0.573 e. The van der Waals surface area contributed by atoms with Crippen molar-refractivity contribution in [2.24, 2.45) is 0 Å². The number of rotatable bonds is 2. The minimum atomic E-state index is -5.04. The summed E-state index contributed by atoms with van der Waals surface area (Å²) in [6, 6.07) is 5.32. The molecule has 0 radical (unpaired) electrons. The zero-order chi connectivity index (χ0) is 16.5. The van der Waals surface area contributed by atoms with E-state index in [1.54, 1.807) is 0 Å². The van der Waals surface area contributed by atoms with Gasteiger partial charge in [-0.25, -0.2) is 4.98 Å². The summed E-state index contributed by atoms with van der Waals surface area (Å²) < 4.78 is 79.8. The Morgan fingerprint density at radius 2 is 1.59 bits per heavy atom. The van der Waals surface area contributed by atoms with E-state index in [0.717, 1.165) is 18.2 Å². The lowest BCUT2D eigenvalue weighted by molar-refractivity contribution is -0.274. The Bertz CT molecular complexity index is 683. The van der Waals surface area contributed by atoms with Crippen molar-refractivity contribution < 1.29 is 31.1 Å². The van der Waals surface area contributed by atoms with Crippen LogP contribution in [0.15, 0.2) is 36.5 Å². The molecule has 2 nitrogen and oxygen atoms in total.